The van der Waals surface area contributed by atoms with E-state index in [9.17, 15) is 4.79 Å². The van der Waals surface area contributed by atoms with E-state index >= 15 is 0 Å². The third-order valence-electron chi connectivity index (χ3n) is 2.69. The van der Waals surface area contributed by atoms with Crippen LogP contribution in [0, 0.1) is 0 Å². The molecular weight excluding hydrogens is 248 g/mol. The van der Waals surface area contributed by atoms with Crippen molar-refractivity contribution in [3.05, 3.63) is 18.2 Å². The molecule has 0 N–H and O–H groups in total. The van der Waals surface area contributed by atoms with E-state index < -0.39 is 11.4 Å². The Morgan fingerprint density at radius 1 is 1.53 bits per heavy atom. The van der Waals surface area contributed by atoms with E-state index in [2.05, 4.69) is 15.2 Å². The van der Waals surface area contributed by atoms with Gasteiger partial charge >= 0.3 is 5.97 Å². The summed E-state index contributed by atoms with van der Waals surface area (Å²) >= 11 is 0. The molecule has 0 aliphatic heterocycles. The minimum absolute atomic E-state index is 0.214. The molecule has 0 bridgehead atoms. The van der Waals surface area contributed by atoms with Crippen LogP contribution in [0.5, 0.6) is 0 Å². The summed E-state index contributed by atoms with van der Waals surface area (Å²) in [6.07, 6.45) is 1.78. The van der Waals surface area contributed by atoms with Crippen LogP contribution in [0.1, 0.15) is 26.7 Å². The Labute approximate surface area is 110 Å². The Kier molecular flexibility index (Phi) is 3.37. The van der Waals surface area contributed by atoms with Crippen molar-refractivity contribution in [1.82, 2.24) is 19.9 Å². The van der Waals surface area contributed by atoms with Gasteiger partial charge in [0.2, 0.25) is 11.7 Å². The molecule has 7 heteroatoms. The summed E-state index contributed by atoms with van der Waals surface area (Å²) in [5.41, 5.74) is -0.382. The topological polar surface area (TPSA) is 83.0 Å². The maximum atomic E-state index is 11.8. The maximum absolute atomic E-state index is 11.8. The Bertz CT molecular complexity index is 585. The molecule has 7 nitrogen and oxygen atoms in total. The van der Waals surface area contributed by atoms with Crippen molar-refractivity contribution in [1.29, 1.82) is 0 Å². The predicted octanol–water partition coefficient (Wildman–Crippen LogP) is 1.31. The van der Waals surface area contributed by atoms with Gasteiger partial charge < -0.3 is 9.26 Å². The molecule has 2 heterocycles. The predicted molar refractivity (Wildman–Crippen MR) is 66.2 cm³/mol. The van der Waals surface area contributed by atoms with Gasteiger partial charge in [0.1, 0.15) is 11.1 Å². The molecule has 0 fully saturated rings. The molecule has 0 amide bonds. The minimum atomic E-state index is -0.976. The SMILES string of the molecule is CCOC(=O)C(C)(C)c1nc(-c2ccn(C)n2)no1. The number of ether oxygens (including phenoxy) is 1. The van der Waals surface area contributed by atoms with Gasteiger partial charge in [0.15, 0.2) is 0 Å². The lowest BCUT2D eigenvalue weighted by atomic mass is 9.94. The Balaban J connectivity index is 2.28. The monoisotopic (exact) mass is 264 g/mol. The number of carbonyl (C=O) groups excluding carboxylic acids is 1. The Morgan fingerprint density at radius 2 is 2.26 bits per heavy atom. The average molecular weight is 264 g/mol. The number of aryl methyl sites for hydroxylation is 1. The standard InChI is InChI=1S/C12H16N4O3/c1-5-18-11(17)12(2,3)10-13-9(15-19-10)8-6-7-16(4)14-8/h6-7H,5H2,1-4H3. The number of carbonyl (C=O) groups is 1. The van der Waals surface area contributed by atoms with Crippen LogP contribution in [0.3, 0.4) is 0 Å². The second kappa shape index (κ2) is 4.83. The summed E-state index contributed by atoms with van der Waals surface area (Å²) in [5.74, 6) is 0.172. The molecule has 0 radical (unpaired) electrons. The fourth-order valence-electron chi connectivity index (χ4n) is 1.51. The number of aromatic nitrogens is 4. The normalized spacial score (nSPS) is 11.6. The fraction of sp³-hybridized carbons (Fsp3) is 0.500. The fourth-order valence-corrected chi connectivity index (χ4v) is 1.51. The number of nitrogens with zero attached hydrogens (tertiary/aromatic N) is 4. The van der Waals surface area contributed by atoms with Gasteiger partial charge in [0.25, 0.3) is 0 Å². The lowest BCUT2D eigenvalue weighted by Crippen LogP contribution is -2.31. The second-order valence-corrected chi connectivity index (χ2v) is 4.64. The van der Waals surface area contributed by atoms with E-state index in [1.54, 1.807) is 44.8 Å². The number of hydrogen-bond donors (Lipinski definition) is 0. The first-order valence-electron chi connectivity index (χ1n) is 5.96. The summed E-state index contributed by atoms with van der Waals surface area (Å²) in [6, 6.07) is 1.77. The first-order chi connectivity index (χ1) is 8.95. The van der Waals surface area contributed by atoms with Crippen LogP contribution >= 0.6 is 0 Å². The van der Waals surface area contributed by atoms with E-state index in [4.69, 9.17) is 9.26 Å². The van der Waals surface area contributed by atoms with E-state index in [1.807, 2.05) is 0 Å². The molecule has 0 aromatic carbocycles. The van der Waals surface area contributed by atoms with Crippen LogP contribution < -0.4 is 0 Å². The van der Waals surface area contributed by atoms with Gasteiger partial charge in [-0.05, 0) is 26.8 Å². The first-order valence-corrected chi connectivity index (χ1v) is 5.96. The van der Waals surface area contributed by atoms with Crippen LogP contribution in [0.25, 0.3) is 11.5 Å². The molecule has 0 saturated heterocycles. The second-order valence-electron chi connectivity index (χ2n) is 4.64. The molecule has 2 aromatic heterocycles. The molecule has 102 valence electrons. The largest absolute Gasteiger partial charge is 0.465 e. The smallest absolute Gasteiger partial charge is 0.321 e. The van der Waals surface area contributed by atoms with Crippen LogP contribution in [-0.2, 0) is 22.0 Å². The van der Waals surface area contributed by atoms with E-state index in [0.717, 1.165) is 0 Å². The third-order valence-corrected chi connectivity index (χ3v) is 2.69. The van der Waals surface area contributed by atoms with Crippen molar-refractivity contribution < 1.29 is 14.1 Å². The Hall–Kier alpha value is -2.18. The van der Waals surface area contributed by atoms with Crippen LogP contribution in [0.15, 0.2) is 16.8 Å². The number of esters is 1. The van der Waals surface area contributed by atoms with Crippen molar-refractivity contribution in [2.45, 2.75) is 26.2 Å². The van der Waals surface area contributed by atoms with Crippen molar-refractivity contribution in [2.75, 3.05) is 6.61 Å². The molecule has 0 atom stereocenters. The molecule has 0 aliphatic carbocycles. The molecule has 2 aromatic rings. The lowest BCUT2D eigenvalue weighted by molar-refractivity contribution is -0.149. The zero-order valence-corrected chi connectivity index (χ0v) is 11.4. The highest BCUT2D eigenvalue weighted by Crippen LogP contribution is 2.25. The highest BCUT2D eigenvalue weighted by Gasteiger charge is 2.37. The van der Waals surface area contributed by atoms with Crippen LogP contribution in [-0.4, -0.2) is 32.5 Å². The quantitative estimate of drug-likeness (QED) is 0.774. The molecule has 2 rings (SSSR count). The number of rotatable bonds is 4. The molecule has 0 spiro atoms. The lowest BCUT2D eigenvalue weighted by Gasteiger charge is -2.16. The zero-order valence-electron chi connectivity index (χ0n) is 11.4. The van der Waals surface area contributed by atoms with E-state index in [1.165, 1.54) is 0 Å². The molecule has 0 unspecified atom stereocenters. The van der Waals surface area contributed by atoms with Gasteiger partial charge in [0.05, 0.1) is 6.61 Å². The van der Waals surface area contributed by atoms with Crippen molar-refractivity contribution in [2.24, 2.45) is 7.05 Å². The van der Waals surface area contributed by atoms with Crippen molar-refractivity contribution in [3.8, 4) is 11.5 Å². The van der Waals surface area contributed by atoms with Crippen LogP contribution in [0.2, 0.25) is 0 Å². The molecule has 0 saturated carbocycles. The van der Waals surface area contributed by atoms with Gasteiger partial charge in [-0.1, -0.05) is 5.16 Å². The van der Waals surface area contributed by atoms with E-state index in [-0.39, 0.29) is 5.89 Å². The number of hydrogen-bond acceptors (Lipinski definition) is 6. The highest BCUT2D eigenvalue weighted by molar-refractivity contribution is 5.80. The summed E-state index contributed by atoms with van der Waals surface area (Å²) in [5, 5.41) is 8.01. The average Bonchev–Trinajstić information content (AvgIpc) is 2.97. The third kappa shape index (κ3) is 2.49. The summed E-state index contributed by atoms with van der Waals surface area (Å²) in [6.45, 7) is 5.42. The molecule has 0 aliphatic rings. The summed E-state index contributed by atoms with van der Waals surface area (Å²) < 4.78 is 11.8. The molecular formula is C12H16N4O3. The first kappa shape index (κ1) is 13.3. The van der Waals surface area contributed by atoms with Gasteiger partial charge in [-0.25, -0.2) is 0 Å². The van der Waals surface area contributed by atoms with Crippen molar-refractivity contribution >= 4 is 5.97 Å². The van der Waals surface area contributed by atoms with Gasteiger partial charge in [-0.15, -0.1) is 0 Å². The van der Waals surface area contributed by atoms with Crippen LogP contribution in [0.4, 0.5) is 0 Å². The van der Waals surface area contributed by atoms with Gasteiger partial charge in [-0.3, -0.25) is 9.48 Å². The highest BCUT2D eigenvalue weighted by atomic mass is 16.5. The zero-order chi connectivity index (χ0) is 14.0. The van der Waals surface area contributed by atoms with E-state index in [0.29, 0.717) is 18.1 Å². The minimum Gasteiger partial charge on any atom is -0.465 e. The van der Waals surface area contributed by atoms with Crippen molar-refractivity contribution in [3.63, 3.8) is 0 Å². The van der Waals surface area contributed by atoms with Gasteiger partial charge in [0, 0.05) is 13.2 Å². The maximum Gasteiger partial charge on any atom is 0.321 e. The molecule has 19 heavy (non-hydrogen) atoms. The van der Waals surface area contributed by atoms with Gasteiger partial charge in [-0.2, -0.15) is 10.1 Å². The summed E-state index contributed by atoms with van der Waals surface area (Å²) in [7, 11) is 1.80. The Morgan fingerprint density at radius 3 is 2.84 bits per heavy atom. The summed E-state index contributed by atoms with van der Waals surface area (Å²) in [4.78, 5) is 16.1.